The highest BCUT2D eigenvalue weighted by molar-refractivity contribution is 7.98. The van der Waals surface area contributed by atoms with Gasteiger partial charge in [-0.05, 0) is 25.5 Å². The molecule has 2 rings (SSSR count). The summed E-state index contributed by atoms with van der Waals surface area (Å²) in [7, 11) is 1.90. The maximum Gasteiger partial charge on any atom is 0.269 e. The number of aromatic nitrogens is 3. The van der Waals surface area contributed by atoms with E-state index in [2.05, 4.69) is 15.5 Å². The van der Waals surface area contributed by atoms with Gasteiger partial charge in [-0.3, -0.25) is 10.1 Å². The average Bonchev–Trinajstić information content (AvgIpc) is 2.78. The molecular weight excluding hydrogens is 290 g/mol. The summed E-state index contributed by atoms with van der Waals surface area (Å²) in [6.45, 7) is 4.64. The molecular formula is C13H17N5O2S. The number of nitrogens with zero attached hydrogens (tertiary/aromatic N) is 4. The van der Waals surface area contributed by atoms with Crippen LogP contribution >= 0.6 is 11.8 Å². The Morgan fingerprint density at radius 2 is 2.19 bits per heavy atom. The molecule has 0 radical (unpaired) electrons. The zero-order chi connectivity index (χ0) is 15.4. The molecule has 0 aliphatic carbocycles. The molecule has 8 heteroatoms. The lowest BCUT2D eigenvalue weighted by molar-refractivity contribution is -0.384. The fourth-order valence-electron chi connectivity index (χ4n) is 1.83. The Morgan fingerprint density at radius 1 is 1.43 bits per heavy atom. The van der Waals surface area contributed by atoms with Gasteiger partial charge >= 0.3 is 0 Å². The number of non-ortho nitro benzene ring substituents is 1. The van der Waals surface area contributed by atoms with E-state index in [0.717, 1.165) is 28.8 Å². The molecule has 1 N–H and O–H groups in total. The van der Waals surface area contributed by atoms with Crippen molar-refractivity contribution in [3.63, 3.8) is 0 Å². The van der Waals surface area contributed by atoms with Crippen LogP contribution in [0.1, 0.15) is 18.3 Å². The van der Waals surface area contributed by atoms with Crippen LogP contribution in [0.2, 0.25) is 0 Å². The van der Waals surface area contributed by atoms with Crippen molar-refractivity contribution in [3.8, 4) is 0 Å². The third-order valence-electron chi connectivity index (χ3n) is 3.08. The second kappa shape index (κ2) is 6.57. The van der Waals surface area contributed by atoms with Crippen LogP contribution < -0.4 is 5.32 Å². The second-order valence-electron chi connectivity index (χ2n) is 4.51. The summed E-state index contributed by atoms with van der Waals surface area (Å²) in [5.41, 5.74) is 1.90. The molecule has 1 heterocycles. The molecule has 2 aromatic rings. The SMILES string of the molecule is CCNc1ccc([N+](=O)[O-])cc1CSc1nnc(C)n1C. The number of hydrogen-bond acceptors (Lipinski definition) is 6. The van der Waals surface area contributed by atoms with Gasteiger partial charge in [-0.1, -0.05) is 11.8 Å². The summed E-state index contributed by atoms with van der Waals surface area (Å²) in [5, 5.41) is 23.0. The minimum Gasteiger partial charge on any atom is -0.385 e. The first-order chi connectivity index (χ1) is 10.0. The first kappa shape index (κ1) is 15.3. The van der Waals surface area contributed by atoms with E-state index in [1.54, 1.807) is 12.1 Å². The quantitative estimate of drug-likeness (QED) is 0.502. The first-order valence-electron chi connectivity index (χ1n) is 6.53. The van der Waals surface area contributed by atoms with E-state index in [-0.39, 0.29) is 10.6 Å². The monoisotopic (exact) mass is 307 g/mol. The van der Waals surface area contributed by atoms with E-state index in [0.29, 0.717) is 5.75 Å². The van der Waals surface area contributed by atoms with E-state index in [4.69, 9.17) is 0 Å². The van der Waals surface area contributed by atoms with Crippen LogP contribution in [0.15, 0.2) is 23.4 Å². The minimum atomic E-state index is -0.379. The summed E-state index contributed by atoms with van der Waals surface area (Å²) < 4.78 is 1.90. The van der Waals surface area contributed by atoms with Crippen molar-refractivity contribution in [1.82, 2.24) is 14.8 Å². The van der Waals surface area contributed by atoms with Crippen molar-refractivity contribution in [1.29, 1.82) is 0 Å². The van der Waals surface area contributed by atoms with E-state index in [1.807, 2.05) is 25.5 Å². The van der Waals surface area contributed by atoms with Crippen LogP contribution in [0.4, 0.5) is 11.4 Å². The highest BCUT2D eigenvalue weighted by Crippen LogP contribution is 2.28. The van der Waals surface area contributed by atoms with Crippen molar-refractivity contribution in [2.75, 3.05) is 11.9 Å². The topological polar surface area (TPSA) is 85.9 Å². The molecule has 0 aliphatic rings. The van der Waals surface area contributed by atoms with Gasteiger partial charge in [-0.15, -0.1) is 10.2 Å². The highest BCUT2D eigenvalue weighted by Gasteiger charge is 2.12. The van der Waals surface area contributed by atoms with E-state index >= 15 is 0 Å². The number of hydrogen-bond donors (Lipinski definition) is 1. The van der Waals surface area contributed by atoms with Gasteiger partial charge in [-0.2, -0.15) is 0 Å². The van der Waals surface area contributed by atoms with Crippen LogP contribution in [0.25, 0.3) is 0 Å². The Hall–Kier alpha value is -2.09. The number of rotatable bonds is 6. The predicted molar refractivity (Wildman–Crippen MR) is 82.6 cm³/mol. The molecule has 7 nitrogen and oxygen atoms in total. The van der Waals surface area contributed by atoms with Gasteiger partial charge in [-0.25, -0.2) is 0 Å². The van der Waals surface area contributed by atoms with Crippen LogP contribution in [0, 0.1) is 17.0 Å². The predicted octanol–water partition coefficient (Wildman–Crippen LogP) is 2.76. The Bertz CT molecular complexity index is 656. The largest absolute Gasteiger partial charge is 0.385 e. The molecule has 0 amide bonds. The Kier molecular flexibility index (Phi) is 4.79. The molecule has 0 fully saturated rings. The lowest BCUT2D eigenvalue weighted by Crippen LogP contribution is -2.02. The molecule has 0 aliphatic heterocycles. The lowest BCUT2D eigenvalue weighted by Gasteiger charge is -2.10. The molecule has 1 aromatic heterocycles. The fraction of sp³-hybridized carbons (Fsp3) is 0.385. The number of aryl methyl sites for hydroxylation is 1. The molecule has 1 aromatic carbocycles. The van der Waals surface area contributed by atoms with E-state index in [1.165, 1.54) is 17.8 Å². The van der Waals surface area contributed by atoms with Crippen LogP contribution in [0.3, 0.4) is 0 Å². The van der Waals surface area contributed by atoms with Gasteiger partial charge in [0.15, 0.2) is 5.16 Å². The second-order valence-corrected chi connectivity index (χ2v) is 5.45. The third-order valence-corrected chi connectivity index (χ3v) is 4.15. The van der Waals surface area contributed by atoms with Gasteiger partial charge in [0.25, 0.3) is 5.69 Å². The molecule has 0 atom stereocenters. The summed E-state index contributed by atoms with van der Waals surface area (Å²) >= 11 is 1.51. The van der Waals surface area contributed by atoms with Crippen molar-refractivity contribution in [3.05, 3.63) is 39.7 Å². The smallest absolute Gasteiger partial charge is 0.269 e. The van der Waals surface area contributed by atoms with Crippen LogP contribution in [-0.2, 0) is 12.8 Å². The Morgan fingerprint density at radius 3 is 2.76 bits per heavy atom. The molecule has 112 valence electrons. The van der Waals surface area contributed by atoms with Gasteiger partial charge < -0.3 is 9.88 Å². The fourth-order valence-corrected chi connectivity index (χ4v) is 2.78. The van der Waals surface area contributed by atoms with Gasteiger partial charge in [0.05, 0.1) is 4.92 Å². The lowest BCUT2D eigenvalue weighted by atomic mass is 10.2. The molecule has 0 bridgehead atoms. The molecule has 21 heavy (non-hydrogen) atoms. The van der Waals surface area contributed by atoms with Gasteiger partial charge in [0.1, 0.15) is 5.82 Å². The third kappa shape index (κ3) is 3.52. The zero-order valence-corrected chi connectivity index (χ0v) is 13.0. The summed E-state index contributed by atoms with van der Waals surface area (Å²) in [5.74, 6) is 1.43. The van der Waals surface area contributed by atoms with Crippen molar-refractivity contribution >= 4 is 23.1 Å². The standard InChI is InChI=1S/C13H17N5O2S/c1-4-14-12-6-5-11(18(19)20)7-10(12)8-21-13-16-15-9(2)17(13)3/h5-7,14H,4,8H2,1-3H3. The number of benzene rings is 1. The summed E-state index contributed by atoms with van der Waals surface area (Å²) in [6, 6.07) is 4.87. The first-order valence-corrected chi connectivity index (χ1v) is 7.51. The molecule has 0 spiro atoms. The van der Waals surface area contributed by atoms with Crippen LogP contribution in [0.5, 0.6) is 0 Å². The van der Waals surface area contributed by atoms with Gasteiger partial charge in [0, 0.05) is 37.2 Å². The molecule has 0 saturated heterocycles. The van der Waals surface area contributed by atoms with E-state index in [9.17, 15) is 10.1 Å². The zero-order valence-electron chi connectivity index (χ0n) is 12.2. The van der Waals surface area contributed by atoms with Crippen molar-refractivity contribution in [2.45, 2.75) is 24.8 Å². The molecule has 0 unspecified atom stereocenters. The normalized spacial score (nSPS) is 10.6. The van der Waals surface area contributed by atoms with Crippen molar-refractivity contribution in [2.24, 2.45) is 7.05 Å². The molecule has 0 saturated carbocycles. The average molecular weight is 307 g/mol. The Labute approximate surface area is 126 Å². The maximum atomic E-state index is 10.9. The number of anilines is 1. The number of nitro groups is 1. The van der Waals surface area contributed by atoms with E-state index < -0.39 is 0 Å². The van der Waals surface area contributed by atoms with Crippen molar-refractivity contribution < 1.29 is 4.92 Å². The number of thioether (sulfide) groups is 1. The summed E-state index contributed by atoms with van der Waals surface area (Å²) in [6.07, 6.45) is 0. The maximum absolute atomic E-state index is 10.9. The Balaban J connectivity index is 2.22. The van der Waals surface area contributed by atoms with Crippen LogP contribution in [-0.4, -0.2) is 26.2 Å². The summed E-state index contributed by atoms with van der Waals surface area (Å²) in [4.78, 5) is 10.5. The van der Waals surface area contributed by atoms with Gasteiger partial charge in [0.2, 0.25) is 0 Å². The minimum absolute atomic E-state index is 0.0985. The number of nitrogens with one attached hydrogen (secondary N) is 1. The highest BCUT2D eigenvalue weighted by atomic mass is 32.2. The number of nitro benzene ring substituents is 1.